The zero-order valence-electron chi connectivity index (χ0n) is 23.0. The van der Waals surface area contributed by atoms with Crippen LogP contribution in [0.1, 0.15) is 43.9 Å². The standard InChI is InChI=1S/C30H36ClN3O4S/c1-6-23(4)32-30(36)24(5)33(19-25-10-8-11-26(31)18-25)29(35)20-34(27-12-7-9-22(3)17-27)39(37,38)28-15-13-21(2)14-16-28/h7-18,23-24H,6,19-20H2,1-5H3,(H,32,36)/t23-,24+/m1/s1. The van der Waals surface area contributed by atoms with Gasteiger partial charge in [0, 0.05) is 17.6 Å². The molecule has 0 fully saturated rings. The Bertz CT molecular complexity index is 1410. The second kappa shape index (κ2) is 13.1. The molecule has 208 valence electrons. The highest BCUT2D eigenvalue weighted by atomic mass is 35.5. The van der Waals surface area contributed by atoms with E-state index in [1.165, 1.54) is 17.0 Å². The number of nitrogens with zero attached hydrogens (tertiary/aromatic N) is 2. The maximum Gasteiger partial charge on any atom is 0.264 e. The van der Waals surface area contributed by atoms with Gasteiger partial charge in [0.05, 0.1) is 10.6 Å². The molecule has 0 spiro atoms. The maximum atomic E-state index is 13.9. The summed E-state index contributed by atoms with van der Waals surface area (Å²) in [6, 6.07) is 19.6. The lowest BCUT2D eigenvalue weighted by Gasteiger charge is -2.32. The van der Waals surface area contributed by atoms with Crippen LogP contribution in [0, 0.1) is 13.8 Å². The van der Waals surface area contributed by atoms with E-state index < -0.39 is 28.5 Å². The van der Waals surface area contributed by atoms with Gasteiger partial charge in [0.25, 0.3) is 10.0 Å². The van der Waals surface area contributed by atoms with Crippen LogP contribution in [-0.4, -0.2) is 43.8 Å². The van der Waals surface area contributed by atoms with Gasteiger partial charge in [-0.25, -0.2) is 8.42 Å². The van der Waals surface area contributed by atoms with Crippen LogP contribution in [0.5, 0.6) is 0 Å². The molecule has 3 rings (SSSR count). The van der Waals surface area contributed by atoms with E-state index in [1.807, 2.05) is 39.8 Å². The number of carbonyl (C=O) groups excluding carboxylic acids is 2. The highest BCUT2D eigenvalue weighted by Gasteiger charge is 2.32. The summed E-state index contributed by atoms with van der Waals surface area (Å²) in [6.07, 6.45) is 0.733. The molecule has 3 aromatic rings. The van der Waals surface area contributed by atoms with Gasteiger partial charge in [0.2, 0.25) is 11.8 Å². The molecule has 39 heavy (non-hydrogen) atoms. The summed E-state index contributed by atoms with van der Waals surface area (Å²) in [5.74, 6) is -0.831. The Labute approximate surface area is 236 Å². The fraction of sp³-hybridized carbons (Fsp3) is 0.333. The van der Waals surface area contributed by atoms with Crippen molar-refractivity contribution in [1.29, 1.82) is 0 Å². The molecule has 0 aliphatic carbocycles. The number of hydrogen-bond donors (Lipinski definition) is 1. The van der Waals surface area contributed by atoms with E-state index >= 15 is 0 Å². The molecule has 0 unspecified atom stereocenters. The van der Waals surface area contributed by atoms with Gasteiger partial charge < -0.3 is 10.2 Å². The van der Waals surface area contributed by atoms with Crippen LogP contribution < -0.4 is 9.62 Å². The number of halogens is 1. The summed E-state index contributed by atoms with van der Waals surface area (Å²) in [5.41, 5.74) is 2.85. The van der Waals surface area contributed by atoms with Gasteiger partial charge in [-0.05, 0) is 81.6 Å². The second-order valence-electron chi connectivity index (χ2n) is 9.81. The predicted molar refractivity (Wildman–Crippen MR) is 156 cm³/mol. The van der Waals surface area contributed by atoms with Crippen molar-refractivity contribution in [2.75, 3.05) is 10.8 Å². The molecule has 0 saturated carbocycles. The molecule has 2 atom stereocenters. The van der Waals surface area contributed by atoms with Crippen LogP contribution >= 0.6 is 11.6 Å². The molecule has 0 aliphatic heterocycles. The third-order valence-corrected chi connectivity index (χ3v) is 8.61. The smallest absolute Gasteiger partial charge is 0.264 e. The Kier molecular flexibility index (Phi) is 10.2. The van der Waals surface area contributed by atoms with Gasteiger partial charge in [-0.3, -0.25) is 13.9 Å². The minimum absolute atomic E-state index is 0.0752. The van der Waals surface area contributed by atoms with Crippen molar-refractivity contribution in [3.63, 3.8) is 0 Å². The molecule has 0 bridgehead atoms. The monoisotopic (exact) mass is 569 g/mol. The number of nitrogens with one attached hydrogen (secondary N) is 1. The number of sulfonamides is 1. The fourth-order valence-electron chi connectivity index (χ4n) is 4.03. The van der Waals surface area contributed by atoms with Crippen molar-refractivity contribution in [2.24, 2.45) is 0 Å². The Hall–Kier alpha value is -3.36. The minimum atomic E-state index is -4.10. The van der Waals surface area contributed by atoms with E-state index in [4.69, 9.17) is 11.6 Å². The van der Waals surface area contributed by atoms with E-state index in [0.29, 0.717) is 10.7 Å². The first-order valence-corrected chi connectivity index (χ1v) is 14.7. The van der Waals surface area contributed by atoms with Crippen LogP contribution in [0.15, 0.2) is 77.7 Å². The molecule has 9 heteroatoms. The first-order valence-electron chi connectivity index (χ1n) is 12.9. The largest absolute Gasteiger partial charge is 0.352 e. The van der Waals surface area contributed by atoms with Crippen molar-refractivity contribution >= 4 is 39.1 Å². The number of benzene rings is 3. The number of hydrogen-bond acceptors (Lipinski definition) is 4. The lowest BCUT2D eigenvalue weighted by molar-refractivity contribution is -0.139. The van der Waals surface area contributed by atoms with E-state index in [-0.39, 0.29) is 23.4 Å². The molecule has 7 nitrogen and oxygen atoms in total. The van der Waals surface area contributed by atoms with Gasteiger partial charge in [-0.15, -0.1) is 0 Å². The molecule has 0 saturated heterocycles. The third-order valence-electron chi connectivity index (χ3n) is 6.59. The predicted octanol–water partition coefficient (Wildman–Crippen LogP) is 5.48. The Morgan fingerprint density at radius 2 is 1.59 bits per heavy atom. The number of rotatable bonds is 11. The van der Waals surface area contributed by atoms with Gasteiger partial charge in [0.15, 0.2) is 0 Å². The van der Waals surface area contributed by atoms with Crippen LogP contribution in [0.2, 0.25) is 5.02 Å². The van der Waals surface area contributed by atoms with E-state index in [1.54, 1.807) is 55.5 Å². The van der Waals surface area contributed by atoms with E-state index in [2.05, 4.69) is 5.32 Å². The second-order valence-corrected chi connectivity index (χ2v) is 12.1. The van der Waals surface area contributed by atoms with Gasteiger partial charge >= 0.3 is 0 Å². The highest BCUT2D eigenvalue weighted by molar-refractivity contribution is 7.92. The maximum absolute atomic E-state index is 13.9. The average Bonchev–Trinajstić information content (AvgIpc) is 2.89. The highest BCUT2D eigenvalue weighted by Crippen LogP contribution is 2.26. The number of aryl methyl sites for hydroxylation is 2. The molecule has 3 aromatic carbocycles. The molecule has 0 aromatic heterocycles. The van der Waals surface area contributed by atoms with Crippen LogP contribution in [0.4, 0.5) is 5.69 Å². The van der Waals surface area contributed by atoms with Crippen molar-refractivity contribution in [1.82, 2.24) is 10.2 Å². The van der Waals surface area contributed by atoms with Gasteiger partial charge in [-0.1, -0.05) is 60.5 Å². The topological polar surface area (TPSA) is 86.8 Å². The van der Waals surface area contributed by atoms with Gasteiger partial charge in [-0.2, -0.15) is 0 Å². The summed E-state index contributed by atoms with van der Waals surface area (Å²) in [5, 5.41) is 3.42. The number of carbonyl (C=O) groups is 2. The zero-order chi connectivity index (χ0) is 28.7. The quantitative estimate of drug-likeness (QED) is 0.331. The van der Waals surface area contributed by atoms with Crippen LogP contribution in [0.25, 0.3) is 0 Å². The molecular formula is C30H36ClN3O4S. The molecule has 0 heterocycles. The molecule has 2 amide bonds. The third kappa shape index (κ3) is 7.83. The zero-order valence-corrected chi connectivity index (χ0v) is 24.6. The fourth-order valence-corrected chi connectivity index (χ4v) is 5.65. The summed E-state index contributed by atoms with van der Waals surface area (Å²) >= 11 is 6.19. The van der Waals surface area contributed by atoms with Crippen molar-refractivity contribution in [3.8, 4) is 0 Å². The molecular weight excluding hydrogens is 534 g/mol. The minimum Gasteiger partial charge on any atom is -0.352 e. The van der Waals surface area contributed by atoms with Crippen LogP contribution in [0.3, 0.4) is 0 Å². The Morgan fingerprint density at radius 1 is 0.923 bits per heavy atom. The molecule has 0 aliphatic rings. The molecule has 0 radical (unpaired) electrons. The van der Waals surface area contributed by atoms with Crippen molar-refractivity contribution < 1.29 is 18.0 Å². The Morgan fingerprint density at radius 3 is 2.21 bits per heavy atom. The van der Waals surface area contributed by atoms with E-state index in [9.17, 15) is 18.0 Å². The first-order chi connectivity index (χ1) is 18.4. The lowest BCUT2D eigenvalue weighted by Crippen LogP contribution is -2.52. The summed E-state index contributed by atoms with van der Waals surface area (Å²) in [7, 11) is -4.10. The van der Waals surface area contributed by atoms with Crippen molar-refractivity contribution in [2.45, 2.75) is 64.6 Å². The first kappa shape index (κ1) is 30.2. The number of anilines is 1. The molecule has 1 N–H and O–H groups in total. The lowest BCUT2D eigenvalue weighted by atomic mass is 10.1. The normalized spacial score (nSPS) is 12.9. The summed E-state index contributed by atoms with van der Waals surface area (Å²) < 4.78 is 28.8. The van der Waals surface area contributed by atoms with Crippen molar-refractivity contribution in [3.05, 3.63) is 94.5 Å². The summed E-state index contributed by atoms with van der Waals surface area (Å²) in [4.78, 5) is 28.5. The van der Waals surface area contributed by atoms with Crippen LogP contribution in [-0.2, 0) is 26.2 Å². The summed E-state index contributed by atoms with van der Waals surface area (Å²) in [6.45, 7) is 8.82. The Balaban J connectivity index is 2.03. The number of amides is 2. The average molecular weight is 570 g/mol. The van der Waals surface area contributed by atoms with Gasteiger partial charge in [0.1, 0.15) is 12.6 Å². The SMILES string of the molecule is CC[C@@H](C)NC(=O)[C@H](C)N(Cc1cccc(Cl)c1)C(=O)CN(c1cccc(C)c1)S(=O)(=O)c1ccc(C)cc1. The van der Waals surface area contributed by atoms with E-state index in [0.717, 1.165) is 27.4 Å².